The molecule has 3 heteroatoms. The molecule has 0 saturated heterocycles. The lowest BCUT2D eigenvalue weighted by Crippen LogP contribution is -2.13. The Morgan fingerprint density at radius 2 is 2.06 bits per heavy atom. The topological polar surface area (TPSA) is 44.5 Å². The minimum Gasteiger partial charge on any atom is -0.490 e. The van der Waals surface area contributed by atoms with Gasteiger partial charge in [-0.1, -0.05) is 12.1 Å². The molecule has 0 radical (unpaired) electrons. The maximum Gasteiger partial charge on any atom is 0.123 e. The number of rotatable bonds is 5. The SMILES string of the molecule is Cc1cccc(OC2CCCC2)c1CCON. The van der Waals surface area contributed by atoms with Crippen molar-refractivity contribution in [1.82, 2.24) is 0 Å². The molecule has 2 N–H and O–H groups in total. The molecule has 0 bridgehead atoms. The lowest BCUT2D eigenvalue weighted by Gasteiger charge is -2.17. The van der Waals surface area contributed by atoms with E-state index in [9.17, 15) is 0 Å². The molecule has 0 aromatic heterocycles. The third kappa shape index (κ3) is 3.20. The molecule has 17 heavy (non-hydrogen) atoms. The van der Waals surface area contributed by atoms with Crippen LogP contribution in [0.2, 0.25) is 0 Å². The van der Waals surface area contributed by atoms with E-state index in [1.54, 1.807) is 0 Å². The minimum atomic E-state index is 0.398. The molecule has 0 spiro atoms. The summed E-state index contributed by atoms with van der Waals surface area (Å²) in [7, 11) is 0. The van der Waals surface area contributed by atoms with E-state index in [1.807, 2.05) is 6.07 Å². The summed E-state index contributed by atoms with van der Waals surface area (Å²) >= 11 is 0. The van der Waals surface area contributed by atoms with Crippen molar-refractivity contribution in [2.24, 2.45) is 5.90 Å². The summed E-state index contributed by atoms with van der Waals surface area (Å²) in [6.07, 6.45) is 6.15. The van der Waals surface area contributed by atoms with E-state index >= 15 is 0 Å². The number of aryl methyl sites for hydroxylation is 1. The molecule has 0 heterocycles. The van der Waals surface area contributed by atoms with Gasteiger partial charge in [0, 0.05) is 6.42 Å². The van der Waals surface area contributed by atoms with Gasteiger partial charge in [-0.2, -0.15) is 0 Å². The Morgan fingerprint density at radius 1 is 1.29 bits per heavy atom. The summed E-state index contributed by atoms with van der Waals surface area (Å²) in [5.41, 5.74) is 2.47. The van der Waals surface area contributed by atoms with Gasteiger partial charge >= 0.3 is 0 Å². The average molecular weight is 235 g/mol. The predicted molar refractivity (Wildman–Crippen MR) is 67.9 cm³/mol. The van der Waals surface area contributed by atoms with Crippen LogP contribution in [0, 0.1) is 6.92 Å². The maximum atomic E-state index is 6.09. The Hall–Kier alpha value is -1.06. The first-order chi connectivity index (χ1) is 8.31. The van der Waals surface area contributed by atoms with E-state index < -0.39 is 0 Å². The standard InChI is InChI=1S/C14H21NO2/c1-11-5-4-8-14(13(11)9-10-16-15)17-12-6-2-3-7-12/h4-5,8,12H,2-3,6-7,9-10,15H2,1H3. The highest BCUT2D eigenvalue weighted by atomic mass is 16.6. The largest absolute Gasteiger partial charge is 0.490 e. The molecule has 94 valence electrons. The smallest absolute Gasteiger partial charge is 0.123 e. The van der Waals surface area contributed by atoms with Crippen LogP contribution in [0.3, 0.4) is 0 Å². The van der Waals surface area contributed by atoms with Gasteiger partial charge in [0.15, 0.2) is 0 Å². The van der Waals surface area contributed by atoms with E-state index in [0.717, 1.165) is 12.2 Å². The summed E-state index contributed by atoms with van der Waals surface area (Å²) < 4.78 is 6.09. The van der Waals surface area contributed by atoms with Crippen molar-refractivity contribution in [3.05, 3.63) is 29.3 Å². The third-order valence-corrected chi connectivity index (χ3v) is 3.43. The summed E-state index contributed by atoms with van der Waals surface area (Å²) in [4.78, 5) is 4.67. The summed E-state index contributed by atoms with van der Waals surface area (Å²) in [5, 5.41) is 0. The zero-order valence-electron chi connectivity index (χ0n) is 10.4. The summed E-state index contributed by atoms with van der Waals surface area (Å²) in [5.74, 6) is 6.11. The highest BCUT2D eigenvalue weighted by Gasteiger charge is 2.18. The molecule has 1 aliphatic carbocycles. The van der Waals surface area contributed by atoms with Gasteiger partial charge in [0.05, 0.1) is 12.7 Å². The van der Waals surface area contributed by atoms with Gasteiger partial charge < -0.3 is 9.57 Å². The first-order valence-corrected chi connectivity index (χ1v) is 6.38. The van der Waals surface area contributed by atoms with E-state index in [-0.39, 0.29) is 0 Å². The van der Waals surface area contributed by atoms with Crippen LogP contribution in [0.1, 0.15) is 36.8 Å². The number of nitrogens with two attached hydrogens (primary N) is 1. The fraction of sp³-hybridized carbons (Fsp3) is 0.571. The number of hydrogen-bond acceptors (Lipinski definition) is 3. The molecule has 2 rings (SSSR count). The van der Waals surface area contributed by atoms with E-state index in [2.05, 4.69) is 23.9 Å². The molecule has 1 saturated carbocycles. The second-order valence-electron chi connectivity index (χ2n) is 4.70. The van der Waals surface area contributed by atoms with Crippen molar-refractivity contribution < 1.29 is 9.57 Å². The van der Waals surface area contributed by atoms with Gasteiger partial charge in [-0.15, -0.1) is 0 Å². The molecule has 1 aromatic rings. The van der Waals surface area contributed by atoms with Gasteiger partial charge in [-0.3, -0.25) is 0 Å². The van der Waals surface area contributed by atoms with Crippen molar-refractivity contribution in [3.63, 3.8) is 0 Å². The highest BCUT2D eigenvalue weighted by Crippen LogP contribution is 2.28. The molecular weight excluding hydrogens is 214 g/mol. The summed E-state index contributed by atoms with van der Waals surface area (Å²) in [6, 6.07) is 6.21. The Bertz CT molecular complexity index is 359. The van der Waals surface area contributed by atoms with Gasteiger partial charge in [-0.05, 0) is 49.8 Å². The van der Waals surface area contributed by atoms with Crippen molar-refractivity contribution in [2.45, 2.75) is 45.1 Å². The highest BCUT2D eigenvalue weighted by molar-refractivity contribution is 5.40. The molecule has 3 nitrogen and oxygen atoms in total. The molecule has 1 fully saturated rings. The van der Waals surface area contributed by atoms with E-state index in [1.165, 1.54) is 36.8 Å². The number of benzene rings is 1. The van der Waals surface area contributed by atoms with Gasteiger partial charge in [0.2, 0.25) is 0 Å². The lowest BCUT2D eigenvalue weighted by molar-refractivity contribution is 0.139. The zero-order valence-corrected chi connectivity index (χ0v) is 10.4. The second kappa shape index (κ2) is 6.03. The van der Waals surface area contributed by atoms with Gasteiger partial charge in [0.1, 0.15) is 5.75 Å². The monoisotopic (exact) mass is 235 g/mol. The Labute approximate surface area is 103 Å². The Morgan fingerprint density at radius 3 is 2.76 bits per heavy atom. The van der Waals surface area contributed by atoms with Crippen LogP contribution < -0.4 is 10.6 Å². The normalized spacial score (nSPS) is 16.4. The van der Waals surface area contributed by atoms with Crippen LogP contribution >= 0.6 is 0 Å². The first kappa shape index (κ1) is 12.4. The van der Waals surface area contributed by atoms with E-state index in [4.69, 9.17) is 10.6 Å². The maximum absolute atomic E-state index is 6.09. The minimum absolute atomic E-state index is 0.398. The first-order valence-electron chi connectivity index (χ1n) is 6.38. The van der Waals surface area contributed by atoms with Crippen molar-refractivity contribution in [1.29, 1.82) is 0 Å². The molecule has 0 amide bonds. The molecule has 1 aliphatic rings. The quantitative estimate of drug-likeness (QED) is 0.798. The van der Waals surface area contributed by atoms with Crippen LogP contribution in [0.15, 0.2) is 18.2 Å². The summed E-state index contributed by atoms with van der Waals surface area (Å²) in [6.45, 7) is 2.64. The fourth-order valence-corrected chi connectivity index (χ4v) is 2.45. The Balaban J connectivity index is 2.10. The van der Waals surface area contributed by atoms with Crippen LogP contribution in [-0.2, 0) is 11.3 Å². The van der Waals surface area contributed by atoms with Crippen molar-refractivity contribution in [3.8, 4) is 5.75 Å². The molecule has 0 unspecified atom stereocenters. The van der Waals surface area contributed by atoms with Crippen molar-refractivity contribution in [2.75, 3.05) is 6.61 Å². The number of ether oxygens (including phenoxy) is 1. The average Bonchev–Trinajstić information content (AvgIpc) is 2.81. The molecule has 1 aromatic carbocycles. The Kier molecular flexibility index (Phi) is 4.40. The number of hydrogen-bond donors (Lipinski definition) is 1. The van der Waals surface area contributed by atoms with Crippen LogP contribution in [0.5, 0.6) is 5.75 Å². The van der Waals surface area contributed by atoms with Crippen LogP contribution in [-0.4, -0.2) is 12.7 Å². The third-order valence-electron chi connectivity index (χ3n) is 3.43. The molecular formula is C14H21NO2. The molecule has 0 atom stereocenters. The van der Waals surface area contributed by atoms with Gasteiger partial charge in [0.25, 0.3) is 0 Å². The molecule has 0 aliphatic heterocycles. The van der Waals surface area contributed by atoms with Gasteiger partial charge in [-0.25, -0.2) is 5.90 Å². The van der Waals surface area contributed by atoms with Crippen LogP contribution in [0.25, 0.3) is 0 Å². The second-order valence-corrected chi connectivity index (χ2v) is 4.70. The van der Waals surface area contributed by atoms with Crippen molar-refractivity contribution >= 4 is 0 Å². The van der Waals surface area contributed by atoms with Crippen LogP contribution in [0.4, 0.5) is 0 Å². The zero-order chi connectivity index (χ0) is 12.1. The van der Waals surface area contributed by atoms with E-state index in [0.29, 0.717) is 12.7 Å². The fourth-order valence-electron chi connectivity index (χ4n) is 2.45. The predicted octanol–water partition coefficient (Wildman–Crippen LogP) is 2.75. The lowest BCUT2D eigenvalue weighted by atomic mass is 10.0.